The predicted molar refractivity (Wildman–Crippen MR) is 174 cm³/mol. The van der Waals surface area contributed by atoms with E-state index >= 15 is 0 Å². The van der Waals surface area contributed by atoms with Gasteiger partial charge < -0.3 is 20.0 Å². The summed E-state index contributed by atoms with van der Waals surface area (Å²) in [5, 5.41) is 6.97. The highest BCUT2D eigenvalue weighted by atomic mass is 32.2. The molecule has 0 atom stereocenters. The maximum Gasteiger partial charge on any atom is 0.262 e. The zero-order chi connectivity index (χ0) is 29.1. The fourth-order valence-corrected chi connectivity index (χ4v) is 6.28. The third-order valence-electron chi connectivity index (χ3n) is 6.51. The van der Waals surface area contributed by atoms with E-state index in [2.05, 4.69) is 52.6 Å². The molecule has 0 unspecified atom stereocenters. The molecule has 216 valence electrons. The monoisotopic (exact) mass is 582 g/mol. The average molecular weight is 583 g/mol. The van der Waals surface area contributed by atoms with Crippen LogP contribution in [-0.2, 0) is 10.0 Å². The van der Waals surface area contributed by atoms with Crippen molar-refractivity contribution in [2.24, 2.45) is 4.99 Å². The van der Waals surface area contributed by atoms with E-state index < -0.39 is 10.0 Å². The summed E-state index contributed by atoms with van der Waals surface area (Å²) >= 11 is 1.60. The SMILES string of the molecule is C=N/C(=C\SCNCCN(CC)CCN(C)C)c1cccc(NS(=O)(=O)c2cccc3c(N(C)C)cccc23)c1. The van der Waals surface area contributed by atoms with E-state index in [1.165, 1.54) is 0 Å². The highest BCUT2D eigenvalue weighted by Gasteiger charge is 2.19. The lowest BCUT2D eigenvalue weighted by Gasteiger charge is -2.22. The van der Waals surface area contributed by atoms with Gasteiger partial charge in [-0.15, -0.1) is 11.8 Å². The van der Waals surface area contributed by atoms with Gasteiger partial charge in [-0.2, -0.15) is 0 Å². The number of hydrogen-bond donors (Lipinski definition) is 2. The van der Waals surface area contributed by atoms with Crippen molar-refractivity contribution in [3.63, 3.8) is 0 Å². The summed E-state index contributed by atoms with van der Waals surface area (Å²) in [6, 6.07) is 18.3. The fourth-order valence-electron chi connectivity index (χ4n) is 4.30. The quantitative estimate of drug-likeness (QED) is 0.142. The Labute approximate surface area is 244 Å². The van der Waals surface area contributed by atoms with Crippen LogP contribution in [0, 0.1) is 0 Å². The van der Waals surface area contributed by atoms with E-state index in [0.29, 0.717) is 16.8 Å². The molecule has 0 spiro atoms. The molecule has 3 aromatic carbocycles. The highest BCUT2D eigenvalue weighted by Crippen LogP contribution is 2.31. The Bertz CT molecular complexity index is 1410. The summed E-state index contributed by atoms with van der Waals surface area (Å²) < 4.78 is 29.7. The Morgan fingerprint density at radius 2 is 1.70 bits per heavy atom. The molecule has 40 heavy (non-hydrogen) atoms. The standard InChI is InChI=1S/C30H42N6O2S2/c1-7-36(20-19-34(3)4)18-17-32-23-39-22-28(31-2)24-11-8-12-25(21-24)33-40(37,38)30-16-10-13-26-27(30)14-9-15-29(26)35(5)6/h8-16,21-22,32-33H,2,7,17-20,23H2,1,3-6H3/b28-22-. The Kier molecular flexibility index (Phi) is 12.0. The van der Waals surface area contributed by atoms with Crippen LogP contribution in [0.25, 0.3) is 16.5 Å². The largest absolute Gasteiger partial charge is 0.377 e. The first kappa shape index (κ1) is 31.6. The molecular formula is C30H42N6O2S2. The van der Waals surface area contributed by atoms with E-state index in [1.807, 2.05) is 60.8 Å². The average Bonchev–Trinajstić information content (AvgIpc) is 2.93. The molecule has 0 aromatic heterocycles. The molecule has 0 amide bonds. The van der Waals surface area contributed by atoms with Gasteiger partial charge in [-0.05, 0) is 57.0 Å². The molecule has 0 saturated carbocycles. The zero-order valence-electron chi connectivity index (χ0n) is 24.2. The number of fused-ring (bicyclic) bond motifs is 1. The molecule has 0 aliphatic rings. The van der Waals surface area contributed by atoms with Gasteiger partial charge in [0.1, 0.15) is 0 Å². The second-order valence-corrected chi connectivity index (χ2v) is 12.4. The van der Waals surface area contributed by atoms with Crippen molar-refractivity contribution < 1.29 is 8.42 Å². The maximum atomic E-state index is 13.5. The predicted octanol–water partition coefficient (Wildman–Crippen LogP) is 4.87. The third kappa shape index (κ3) is 8.81. The number of nitrogens with one attached hydrogen (secondary N) is 2. The molecule has 0 aliphatic carbocycles. The number of aliphatic imine (C=N–C) groups is 1. The van der Waals surface area contributed by atoms with E-state index in [1.54, 1.807) is 36.0 Å². The van der Waals surface area contributed by atoms with Crippen LogP contribution in [0.4, 0.5) is 11.4 Å². The molecule has 0 saturated heterocycles. The zero-order valence-corrected chi connectivity index (χ0v) is 25.9. The number of benzene rings is 3. The van der Waals surface area contributed by atoms with Crippen molar-refractivity contribution in [1.29, 1.82) is 0 Å². The van der Waals surface area contributed by atoms with Crippen molar-refractivity contribution in [3.05, 3.63) is 71.6 Å². The van der Waals surface area contributed by atoms with Gasteiger partial charge in [0.05, 0.1) is 10.6 Å². The summed E-state index contributed by atoms with van der Waals surface area (Å²) in [5.74, 6) is 0.743. The Hall–Kier alpha value is -2.89. The van der Waals surface area contributed by atoms with Crippen LogP contribution in [-0.4, -0.2) is 91.7 Å². The van der Waals surface area contributed by atoms with Gasteiger partial charge in [-0.3, -0.25) is 9.71 Å². The smallest absolute Gasteiger partial charge is 0.262 e. The minimum absolute atomic E-state index is 0.238. The van der Waals surface area contributed by atoms with E-state index in [-0.39, 0.29) is 4.90 Å². The van der Waals surface area contributed by atoms with Crippen LogP contribution in [0.5, 0.6) is 0 Å². The van der Waals surface area contributed by atoms with Gasteiger partial charge in [0.15, 0.2) is 0 Å². The maximum absolute atomic E-state index is 13.5. The molecule has 0 radical (unpaired) electrons. The fraction of sp³-hybridized carbons (Fsp3) is 0.367. The Morgan fingerprint density at radius 3 is 2.40 bits per heavy atom. The van der Waals surface area contributed by atoms with Crippen molar-refractivity contribution in [3.8, 4) is 0 Å². The van der Waals surface area contributed by atoms with E-state index in [9.17, 15) is 8.42 Å². The van der Waals surface area contributed by atoms with E-state index in [4.69, 9.17) is 0 Å². The Balaban J connectivity index is 1.66. The first-order valence-corrected chi connectivity index (χ1v) is 15.9. The second kappa shape index (κ2) is 15.2. The van der Waals surface area contributed by atoms with Crippen LogP contribution >= 0.6 is 11.8 Å². The van der Waals surface area contributed by atoms with Crippen molar-refractivity contribution in [1.82, 2.24) is 15.1 Å². The van der Waals surface area contributed by atoms with Crippen LogP contribution in [0.2, 0.25) is 0 Å². The molecule has 2 N–H and O–H groups in total. The number of thioether (sulfide) groups is 1. The van der Waals surface area contributed by atoms with Gasteiger partial charge in [0.25, 0.3) is 10.0 Å². The summed E-state index contributed by atoms with van der Waals surface area (Å²) in [4.78, 5) is 11.0. The van der Waals surface area contributed by atoms with Gasteiger partial charge in [0, 0.05) is 73.9 Å². The van der Waals surface area contributed by atoms with Crippen molar-refractivity contribution in [2.45, 2.75) is 11.8 Å². The molecular weight excluding hydrogens is 541 g/mol. The molecule has 0 bridgehead atoms. The first-order valence-electron chi connectivity index (χ1n) is 13.3. The lowest BCUT2D eigenvalue weighted by Crippen LogP contribution is -2.36. The minimum atomic E-state index is -3.83. The number of sulfonamides is 1. The molecule has 3 aromatic rings. The normalized spacial score (nSPS) is 12.3. The van der Waals surface area contributed by atoms with Gasteiger partial charge >= 0.3 is 0 Å². The topological polar surface area (TPSA) is 80.3 Å². The second-order valence-electron chi connectivity index (χ2n) is 9.92. The summed E-state index contributed by atoms with van der Waals surface area (Å²) in [5.41, 5.74) is 2.90. The minimum Gasteiger partial charge on any atom is -0.377 e. The number of rotatable bonds is 16. The lowest BCUT2D eigenvalue weighted by atomic mass is 10.1. The van der Waals surface area contributed by atoms with Crippen LogP contribution in [0.1, 0.15) is 12.5 Å². The van der Waals surface area contributed by atoms with Gasteiger partial charge in [0.2, 0.25) is 0 Å². The Morgan fingerprint density at radius 1 is 0.975 bits per heavy atom. The first-order chi connectivity index (χ1) is 19.2. The van der Waals surface area contributed by atoms with Crippen molar-refractivity contribution >= 4 is 56.3 Å². The van der Waals surface area contributed by atoms with E-state index in [0.717, 1.165) is 55.2 Å². The van der Waals surface area contributed by atoms with Crippen LogP contribution in [0.15, 0.2) is 76.0 Å². The number of anilines is 2. The van der Waals surface area contributed by atoms with Crippen LogP contribution < -0.4 is 14.9 Å². The van der Waals surface area contributed by atoms with Gasteiger partial charge in [-0.25, -0.2) is 8.42 Å². The highest BCUT2D eigenvalue weighted by molar-refractivity contribution is 8.02. The molecule has 0 aliphatic heterocycles. The number of likely N-dealkylation sites (N-methyl/N-ethyl adjacent to an activating group) is 2. The molecule has 3 rings (SSSR count). The lowest BCUT2D eigenvalue weighted by molar-refractivity contribution is 0.252. The third-order valence-corrected chi connectivity index (χ3v) is 8.71. The van der Waals surface area contributed by atoms with Crippen molar-refractivity contribution in [2.75, 3.05) is 76.4 Å². The summed E-state index contributed by atoms with van der Waals surface area (Å²) in [7, 11) is 4.24. The molecule has 0 heterocycles. The molecule has 10 heteroatoms. The number of hydrogen-bond acceptors (Lipinski definition) is 8. The summed E-state index contributed by atoms with van der Waals surface area (Å²) in [6.45, 7) is 10.9. The summed E-state index contributed by atoms with van der Waals surface area (Å²) in [6.07, 6.45) is 0. The molecule has 0 fully saturated rings. The molecule has 8 nitrogen and oxygen atoms in total. The van der Waals surface area contributed by atoms with Gasteiger partial charge in [-0.1, -0.05) is 43.3 Å². The van der Waals surface area contributed by atoms with Crippen LogP contribution in [0.3, 0.4) is 0 Å². The number of nitrogens with zero attached hydrogens (tertiary/aromatic N) is 4.